The van der Waals surface area contributed by atoms with E-state index in [0.717, 1.165) is 11.8 Å². The number of nitrogens with two attached hydrogens (primary N) is 1. The van der Waals surface area contributed by atoms with Crippen LogP contribution in [-0.2, 0) is 12.2 Å². The molecule has 0 saturated heterocycles. The summed E-state index contributed by atoms with van der Waals surface area (Å²) in [6.07, 6.45) is -4.01. The smallest absolute Gasteiger partial charge is 0.373 e. The Labute approximate surface area is 114 Å². The van der Waals surface area contributed by atoms with Crippen LogP contribution in [0.3, 0.4) is 0 Å². The second-order valence-electron chi connectivity index (χ2n) is 5.19. The highest BCUT2D eigenvalue weighted by molar-refractivity contribution is 5.56. The lowest BCUT2D eigenvalue weighted by Crippen LogP contribution is -2.42. The zero-order chi connectivity index (χ0) is 15.1. The van der Waals surface area contributed by atoms with Crippen molar-refractivity contribution in [3.8, 4) is 0 Å². The zero-order valence-electron chi connectivity index (χ0n) is 11.0. The van der Waals surface area contributed by atoms with Crippen molar-refractivity contribution in [2.24, 2.45) is 5.73 Å². The van der Waals surface area contributed by atoms with Crippen molar-refractivity contribution in [1.82, 2.24) is 0 Å². The lowest BCUT2D eigenvalue weighted by atomic mass is 9.98. The van der Waals surface area contributed by atoms with Crippen LogP contribution < -0.4 is 10.6 Å². The number of likely N-dealkylation sites (N-methyl/N-ethyl adjacent to an activating group) is 1. The van der Waals surface area contributed by atoms with Crippen LogP contribution in [0.25, 0.3) is 0 Å². The van der Waals surface area contributed by atoms with E-state index in [-0.39, 0.29) is 6.04 Å². The van der Waals surface area contributed by atoms with Crippen LogP contribution in [0.4, 0.5) is 18.9 Å². The van der Waals surface area contributed by atoms with Crippen LogP contribution in [0.5, 0.6) is 0 Å². The number of benzene rings is 1. The maximum absolute atomic E-state index is 12.6. The number of anilines is 1. The molecule has 0 spiro atoms. The van der Waals surface area contributed by atoms with Crippen LogP contribution in [0.15, 0.2) is 18.2 Å². The van der Waals surface area contributed by atoms with Crippen molar-refractivity contribution in [1.29, 1.82) is 0 Å². The Morgan fingerprint density at radius 3 is 2.55 bits per heavy atom. The molecule has 0 fully saturated rings. The van der Waals surface area contributed by atoms with E-state index in [1.165, 1.54) is 12.1 Å². The summed E-state index contributed by atoms with van der Waals surface area (Å²) in [5, 5.41) is 18.6. The van der Waals surface area contributed by atoms with E-state index in [2.05, 4.69) is 0 Å². The molecule has 1 aromatic carbocycles. The average molecular weight is 290 g/mol. The summed E-state index contributed by atoms with van der Waals surface area (Å²) in [5.41, 5.74) is 6.70. The van der Waals surface area contributed by atoms with E-state index in [1.54, 1.807) is 7.05 Å². The van der Waals surface area contributed by atoms with Gasteiger partial charge >= 0.3 is 6.18 Å². The predicted molar refractivity (Wildman–Crippen MR) is 68.2 cm³/mol. The lowest BCUT2D eigenvalue weighted by molar-refractivity contribution is -0.358. The Morgan fingerprint density at radius 1 is 1.30 bits per heavy atom. The molecule has 0 saturated carbocycles. The Balaban J connectivity index is 2.43. The molecule has 1 aromatic rings. The average Bonchev–Trinajstić information content (AvgIpc) is 2.47. The molecule has 0 aliphatic carbocycles. The molecule has 4 N–H and O–H groups in total. The fourth-order valence-corrected chi connectivity index (χ4v) is 2.42. The summed E-state index contributed by atoms with van der Waals surface area (Å²) in [4.78, 5) is 1.86. The molecule has 0 aromatic heterocycles. The Bertz CT molecular complexity index is 503. The van der Waals surface area contributed by atoms with Gasteiger partial charge in [0.25, 0.3) is 5.79 Å². The van der Waals surface area contributed by atoms with Gasteiger partial charge in [-0.2, -0.15) is 13.2 Å². The highest BCUT2D eigenvalue weighted by Gasteiger charge is 2.54. The zero-order valence-corrected chi connectivity index (χ0v) is 11.0. The summed E-state index contributed by atoms with van der Waals surface area (Å²) in [6, 6.07) is 3.68. The molecule has 2 rings (SSSR count). The third kappa shape index (κ3) is 2.61. The first-order valence-corrected chi connectivity index (χ1v) is 6.24. The Hall–Kier alpha value is -1.31. The number of nitrogens with zero attached hydrogens (tertiary/aromatic N) is 1. The standard InChI is InChI=1S/C13H17F3N2O2/c1-18-7-10(17)4-2-8-6-9(3-5-11(8)18)12(19,20)13(14,15)16/h3,5-6,10,19-20H,2,4,7,17H2,1H3. The number of hydrogen-bond donors (Lipinski definition) is 3. The number of alkyl halides is 3. The highest BCUT2D eigenvalue weighted by atomic mass is 19.4. The number of aryl methyl sites for hydroxylation is 1. The first-order chi connectivity index (χ1) is 9.13. The Morgan fingerprint density at radius 2 is 1.95 bits per heavy atom. The van der Waals surface area contributed by atoms with E-state index < -0.39 is 17.5 Å². The third-order valence-corrected chi connectivity index (χ3v) is 3.58. The normalized spacial score (nSPS) is 20.6. The predicted octanol–water partition coefficient (Wildman–Crippen LogP) is 1.10. The largest absolute Gasteiger partial charge is 0.447 e. The molecule has 1 heterocycles. The van der Waals surface area contributed by atoms with E-state index in [4.69, 9.17) is 5.73 Å². The van der Waals surface area contributed by atoms with Gasteiger partial charge in [-0.25, -0.2) is 0 Å². The van der Waals surface area contributed by atoms with Crippen LogP contribution in [0.1, 0.15) is 17.5 Å². The van der Waals surface area contributed by atoms with Crippen LogP contribution >= 0.6 is 0 Å². The number of rotatable bonds is 1. The summed E-state index contributed by atoms with van der Waals surface area (Å²) >= 11 is 0. The fraction of sp³-hybridized carbons (Fsp3) is 0.538. The second-order valence-corrected chi connectivity index (χ2v) is 5.19. The van der Waals surface area contributed by atoms with E-state index in [9.17, 15) is 23.4 Å². The number of aliphatic hydroxyl groups is 2. The summed E-state index contributed by atoms with van der Waals surface area (Å²) < 4.78 is 37.9. The van der Waals surface area contributed by atoms with Gasteiger partial charge in [-0.3, -0.25) is 0 Å². The first-order valence-electron chi connectivity index (χ1n) is 6.24. The minimum Gasteiger partial charge on any atom is -0.373 e. The molecule has 1 atom stereocenters. The van der Waals surface area contributed by atoms with Gasteiger partial charge in [-0.15, -0.1) is 0 Å². The van der Waals surface area contributed by atoms with Crippen molar-refractivity contribution in [3.05, 3.63) is 29.3 Å². The number of halogens is 3. The maximum atomic E-state index is 12.6. The van der Waals surface area contributed by atoms with Gasteiger partial charge in [0.2, 0.25) is 0 Å². The minimum absolute atomic E-state index is 0.0634. The monoisotopic (exact) mass is 290 g/mol. The van der Waals surface area contributed by atoms with Crippen molar-refractivity contribution < 1.29 is 23.4 Å². The molecule has 1 aliphatic heterocycles. The second kappa shape index (κ2) is 4.91. The Kier molecular flexibility index (Phi) is 3.70. The fourth-order valence-electron chi connectivity index (χ4n) is 2.42. The van der Waals surface area contributed by atoms with Gasteiger partial charge in [0, 0.05) is 30.9 Å². The highest BCUT2D eigenvalue weighted by Crippen LogP contribution is 2.38. The van der Waals surface area contributed by atoms with Crippen molar-refractivity contribution in [2.75, 3.05) is 18.5 Å². The van der Waals surface area contributed by atoms with Crippen molar-refractivity contribution in [3.63, 3.8) is 0 Å². The van der Waals surface area contributed by atoms with E-state index >= 15 is 0 Å². The molecule has 1 aliphatic rings. The molecule has 7 heteroatoms. The first kappa shape index (κ1) is 15.1. The van der Waals surface area contributed by atoms with Crippen LogP contribution in [0.2, 0.25) is 0 Å². The van der Waals surface area contributed by atoms with Gasteiger partial charge in [0.05, 0.1) is 0 Å². The molecular weight excluding hydrogens is 273 g/mol. The van der Waals surface area contributed by atoms with Gasteiger partial charge in [-0.1, -0.05) is 6.07 Å². The van der Waals surface area contributed by atoms with Gasteiger partial charge < -0.3 is 20.8 Å². The van der Waals surface area contributed by atoms with E-state index in [0.29, 0.717) is 24.9 Å². The summed E-state index contributed by atoms with van der Waals surface area (Å²) in [7, 11) is 1.80. The number of fused-ring (bicyclic) bond motifs is 1. The van der Waals surface area contributed by atoms with Crippen molar-refractivity contribution >= 4 is 5.69 Å². The molecule has 1 unspecified atom stereocenters. The van der Waals surface area contributed by atoms with Gasteiger partial charge in [-0.05, 0) is 30.5 Å². The molecular formula is C13H17F3N2O2. The molecule has 112 valence electrons. The van der Waals surface area contributed by atoms with Gasteiger partial charge in [0.15, 0.2) is 0 Å². The molecule has 0 bridgehead atoms. The van der Waals surface area contributed by atoms with E-state index in [1.807, 2.05) is 4.90 Å². The molecule has 0 radical (unpaired) electrons. The lowest BCUT2D eigenvalue weighted by Gasteiger charge is -2.27. The molecule has 4 nitrogen and oxygen atoms in total. The summed E-state index contributed by atoms with van der Waals surface area (Å²) in [5.74, 6) is -3.84. The topological polar surface area (TPSA) is 69.7 Å². The van der Waals surface area contributed by atoms with Crippen molar-refractivity contribution in [2.45, 2.75) is 30.8 Å². The third-order valence-electron chi connectivity index (χ3n) is 3.58. The molecule has 20 heavy (non-hydrogen) atoms. The minimum atomic E-state index is -5.14. The summed E-state index contributed by atoms with van der Waals surface area (Å²) in [6.45, 7) is 0.606. The SMILES string of the molecule is CN1CC(N)CCc2cc(C(O)(O)C(F)(F)F)ccc21. The quantitative estimate of drug-likeness (QED) is 0.677. The van der Waals surface area contributed by atoms with Gasteiger partial charge in [0.1, 0.15) is 0 Å². The number of hydrogen-bond acceptors (Lipinski definition) is 4. The van der Waals surface area contributed by atoms with Crippen LogP contribution in [0, 0.1) is 0 Å². The maximum Gasteiger partial charge on any atom is 0.447 e. The van der Waals surface area contributed by atoms with Crippen LogP contribution in [-0.4, -0.2) is 36.0 Å². The molecule has 0 amide bonds.